The van der Waals surface area contributed by atoms with Crippen LogP contribution in [0.25, 0.3) is 0 Å². The van der Waals surface area contributed by atoms with Gasteiger partial charge in [-0.1, -0.05) is 20.8 Å². The van der Waals surface area contributed by atoms with Crippen LogP contribution in [0.1, 0.15) is 27.2 Å². The fourth-order valence-electron chi connectivity index (χ4n) is 1.94. The summed E-state index contributed by atoms with van der Waals surface area (Å²) in [5, 5.41) is 6.91. The van der Waals surface area contributed by atoms with Crippen molar-refractivity contribution in [3.63, 3.8) is 0 Å². The third-order valence-electron chi connectivity index (χ3n) is 2.77. The van der Waals surface area contributed by atoms with Crippen LogP contribution in [0.2, 0.25) is 0 Å². The van der Waals surface area contributed by atoms with E-state index in [-0.39, 0.29) is 5.41 Å². The van der Waals surface area contributed by atoms with Crippen molar-refractivity contribution < 1.29 is 0 Å². The van der Waals surface area contributed by atoms with Crippen LogP contribution in [0.5, 0.6) is 0 Å². The normalized spacial score (nSPS) is 33.6. The second kappa shape index (κ2) is 2.98. The number of nitrogens with zero attached hydrogens (tertiary/aromatic N) is 1. The highest BCUT2D eigenvalue weighted by Crippen LogP contribution is 2.23. The maximum atomic E-state index is 4.75. The molecule has 0 aromatic rings. The minimum Gasteiger partial charge on any atom is -0.367 e. The van der Waals surface area contributed by atoms with E-state index in [0.717, 1.165) is 13.1 Å². The Bertz CT molecular complexity index is 227. The molecule has 0 aromatic carbocycles. The SMILES string of the molecule is CC(C)(C)C1=NC2CCNCC2N1. The van der Waals surface area contributed by atoms with Gasteiger partial charge in [0.1, 0.15) is 5.84 Å². The van der Waals surface area contributed by atoms with Crippen molar-refractivity contribution in [2.45, 2.75) is 39.3 Å². The average molecular weight is 181 g/mol. The Morgan fingerprint density at radius 3 is 2.77 bits per heavy atom. The molecule has 13 heavy (non-hydrogen) atoms. The molecular weight excluding hydrogens is 162 g/mol. The van der Waals surface area contributed by atoms with E-state index >= 15 is 0 Å². The van der Waals surface area contributed by atoms with Crippen molar-refractivity contribution in [1.29, 1.82) is 0 Å². The minimum atomic E-state index is 0.178. The van der Waals surface area contributed by atoms with Gasteiger partial charge in [0.25, 0.3) is 0 Å². The molecule has 0 saturated carbocycles. The molecule has 3 nitrogen and oxygen atoms in total. The number of hydrogen-bond acceptors (Lipinski definition) is 3. The molecule has 2 N–H and O–H groups in total. The number of aliphatic imine (C=N–C) groups is 1. The van der Waals surface area contributed by atoms with E-state index < -0.39 is 0 Å². The summed E-state index contributed by atoms with van der Waals surface area (Å²) in [6.45, 7) is 8.81. The molecule has 0 amide bonds. The van der Waals surface area contributed by atoms with Crippen LogP contribution in [-0.2, 0) is 0 Å². The maximum Gasteiger partial charge on any atom is 0.102 e. The lowest BCUT2D eigenvalue weighted by atomic mass is 9.95. The van der Waals surface area contributed by atoms with E-state index in [1.165, 1.54) is 12.3 Å². The van der Waals surface area contributed by atoms with Crippen molar-refractivity contribution in [3.8, 4) is 0 Å². The molecule has 0 aromatic heterocycles. The molecule has 1 saturated heterocycles. The van der Waals surface area contributed by atoms with Crippen LogP contribution < -0.4 is 10.6 Å². The first-order valence-electron chi connectivity index (χ1n) is 5.13. The molecule has 2 heterocycles. The first-order valence-corrected chi connectivity index (χ1v) is 5.13. The number of piperidine rings is 1. The van der Waals surface area contributed by atoms with Gasteiger partial charge in [0.15, 0.2) is 0 Å². The molecule has 0 spiro atoms. The van der Waals surface area contributed by atoms with Crippen LogP contribution in [0.4, 0.5) is 0 Å². The van der Waals surface area contributed by atoms with Crippen molar-refractivity contribution in [2.24, 2.45) is 10.4 Å². The Kier molecular flexibility index (Phi) is 2.06. The quantitative estimate of drug-likeness (QED) is 0.579. The monoisotopic (exact) mass is 181 g/mol. The molecule has 1 fully saturated rings. The summed E-state index contributed by atoms with van der Waals surface area (Å²) in [5.74, 6) is 1.19. The summed E-state index contributed by atoms with van der Waals surface area (Å²) in [5.41, 5.74) is 0.178. The van der Waals surface area contributed by atoms with Gasteiger partial charge < -0.3 is 10.6 Å². The summed E-state index contributed by atoms with van der Waals surface area (Å²) < 4.78 is 0. The highest BCUT2D eigenvalue weighted by atomic mass is 15.2. The third kappa shape index (κ3) is 1.70. The van der Waals surface area contributed by atoms with Crippen LogP contribution in [0.15, 0.2) is 4.99 Å². The highest BCUT2D eigenvalue weighted by Gasteiger charge is 2.34. The molecular formula is C10H19N3. The Hall–Kier alpha value is -0.570. The number of amidine groups is 1. The van der Waals surface area contributed by atoms with Crippen molar-refractivity contribution >= 4 is 5.84 Å². The van der Waals surface area contributed by atoms with Gasteiger partial charge in [-0.25, -0.2) is 0 Å². The van der Waals surface area contributed by atoms with E-state index in [1.807, 2.05) is 0 Å². The minimum absolute atomic E-state index is 0.178. The predicted octanol–water partition coefficient (Wildman–Crippen LogP) is 0.765. The van der Waals surface area contributed by atoms with Gasteiger partial charge in [0.05, 0.1) is 12.1 Å². The molecule has 2 rings (SSSR count). The Balaban J connectivity index is 2.09. The fourth-order valence-corrected chi connectivity index (χ4v) is 1.94. The number of fused-ring (bicyclic) bond motifs is 1. The van der Waals surface area contributed by atoms with E-state index in [4.69, 9.17) is 4.99 Å². The molecule has 0 aliphatic carbocycles. The molecule has 0 radical (unpaired) electrons. The molecule has 74 valence electrons. The summed E-state index contributed by atoms with van der Waals surface area (Å²) in [4.78, 5) is 4.75. The first kappa shape index (κ1) is 9.00. The van der Waals surface area contributed by atoms with Gasteiger partial charge in [-0.3, -0.25) is 4.99 Å². The first-order chi connectivity index (χ1) is 6.07. The van der Waals surface area contributed by atoms with Gasteiger partial charge in [-0.2, -0.15) is 0 Å². The Morgan fingerprint density at radius 1 is 1.38 bits per heavy atom. The Labute approximate surface area is 80.0 Å². The van der Waals surface area contributed by atoms with E-state index in [1.54, 1.807) is 0 Å². The van der Waals surface area contributed by atoms with Crippen LogP contribution >= 0.6 is 0 Å². The van der Waals surface area contributed by atoms with Crippen molar-refractivity contribution in [2.75, 3.05) is 13.1 Å². The summed E-state index contributed by atoms with van der Waals surface area (Å²) >= 11 is 0. The lowest BCUT2D eigenvalue weighted by molar-refractivity contribution is 0.400. The molecule has 3 heteroatoms. The molecule has 2 atom stereocenters. The van der Waals surface area contributed by atoms with Crippen molar-refractivity contribution in [3.05, 3.63) is 0 Å². The van der Waals surface area contributed by atoms with Gasteiger partial charge in [-0.05, 0) is 13.0 Å². The zero-order valence-electron chi connectivity index (χ0n) is 8.72. The van der Waals surface area contributed by atoms with Gasteiger partial charge in [0, 0.05) is 12.0 Å². The lowest BCUT2D eigenvalue weighted by Gasteiger charge is -2.25. The standard InChI is InChI=1S/C10H19N3/c1-10(2,3)9-12-7-4-5-11-6-8(7)13-9/h7-8,11H,4-6H2,1-3H3,(H,12,13). The van der Waals surface area contributed by atoms with Crippen molar-refractivity contribution in [1.82, 2.24) is 10.6 Å². The van der Waals surface area contributed by atoms with Crippen LogP contribution in [-0.4, -0.2) is 31.0 Å². The second-order valence-electron chi connectivity index (χ2n) is 5.04. The van der Waals surface area contributed by atoms with Gasteiger partial charge in [0.2, 0.25) is 0 Å². The predicted molar refractivity (Wildman–Crippen MR) is 55.1 cm³/mol. The Morgan fingerprint density at radius 2 is 2.15 bits per heavy atom. The second-order valence-corrected chi connectivity index (χ2v) is 5.04. The van der Waals surface area contributed by atoms with Gasteiger partial charge in [-0.15, -0.1) is 0 Å². The number of nitrogens with one attached hydrogen (secondary N) is 2. The number of rotatable bonds is 0. The topological polar surface area (TPSA) is 36.4 Å². The average Bonchev–Trinajstić information content (AvgIpc) is 2.45. The van der Waals surface area contributed by atoms with E-state index in [9.17, 15) is 0 Å². The third-order valence-corrected chi connectivity index (χ3v) is 2.77. The highest BCUT2D eigenvalue weighted by molar-refractivity contribution is 5.89. The molecule has 0 bridgehead atoms. The zero-order chi connectivity index (χ0) is 9.47. The van der Waals surface area contributed by atoms with Crippen LogP contribution in [0, 0.1) is 5.41 Å². The number of hydrogen-bond donors (Lipinski definition) is 2. The van der Waals surface area contributed by atoms with E-state index in [2.05, 4.69) is 31.4 Å². The maximum absolute atomic E-state index is 4.75. The smallest absolute Gasteiger partial charge is 0.102 e. The molecule has 2 aliphatic rings. The van der Waals surface area contributed by atoms with E-state index in [0.29, 0.717) is 12.1 Å². The largest absolute Gasteiger partial charge is 0.367 e. The zero-order valence-corrected chi connectivity index (χ0v) is 8.72. The summed E-state index contributed by atoms with van der Waals surface area (Å²) in [6.07, 6.45) is 1.18. The lowest BCUT2D eigenvalue weighted by Crippen LogP contribution is -2.49. The molecule has 2 unspecified atom stereocenters. The summed E-state index contributed by atoms with van der Waals surface area (Å²) in [6, 6.07) is 1.07. The van der Waals surface area contributed by atoms with Gasteiger partial charge >= 0.3 is 0 Å². The fraction of sp³-hybridized carbons (Fsp3) is 0.900. The summed E-state index contributed by atoms with van der Waals surface area (Å²) in [7, 11) is 0. The van der Waals surface area contributed by atoms with Crippen LogP contribution in [0.3, 0.4) is 0 Å². The molecule has 2 aliphatic heterocycles.